The van der Waals surface area contributed by atoms with E-state index in [1.54, 1.807) is 4.90 Å². The number of rotatable bonds is 6. The molecule has 1 aliphatic rings. The number of halogens is 3. The summed E-state index contributed by atoms with van der Waals surface area (Å²) in [5.41, 5.74) is -0.534. The molecule has 3 rings (SSSR count). The molecule has 2 heterocycles. The average molecular weight is 422 g/mol. The second kappa shape index (κ2) is 9.36. The summed E-state index contributed by atoms with van der Waals surface area (Å²) in [5.74, 6) is -0.438. The van der Waals surface area contributed by atoms with E-state index in [1.165, 1.54) is 24.3 Å². The minimum absolute atomic E-state index is 0.0504. The zero-order chi connectivity index (χ0) is 21.7. The lowest BCUT2D eigenvalue weighted by atomic mass is 9.97. The van der Waals surface area contributed by atoms with E-state index in [0.717, 1.165) is 31.4 Å². The van der Waals surface area contributed by atoms with Gasteiger partial charge in [0.05, 0.1) is 11.5 Å². The highest BCUT2D eigenvalue weighted by atomic mass is 19.4. The van der Waals surface area contributed by atoms with Gasteiger partial charge in [0, 0.05) is 25.2 Å². The first-order chi connectivity index (χ1) is 14.3. The number of benzene rings is 1. The number of carbonyl (C=O) groups excluding carboxylic acids is 2. The van der Waals surface area contributed by atoms with E-state index in [-0.39, 0.29) is 34.8 Å². The van der Waals surface area contributed by atoms with Gasteiger partial charge in [-0.2, -0.15) is 13.2 Å². The van der Waals surface area contributed by atoms with Gasteiger partial charge in [-0.1, -0.05) is 25.5 Å². The Labute approximate surface area is 173 Å². The molecule has 0 spiro atoms. The predicted molar refractivity (Wildman–Crippen MR) is 106 cm³/mol. The van der Waals surface area contributed by atoms with Crippen LogP contribution in [0.1, 0.15) is 48.7 Å². The summed E-state index contributed by atoms with van der Waals surface area (Å²) in [6.07, 6.45) is -1.13. The second-order valence-electron chi connectivity index (χ2n) is 7.48. The molecule has 1 atom stereocenters. The van der Waals surface area contributed by atoms with Crippen molar-refractivity contribution in [3.05, 3.63) is 47.7 Å². The van der Waals surface area contributed by atoms with Gasteiger partial charge in [0.2, 0.25) is 5.91 Å². The minimum atomic E-state index is -4.46. The second-order valence-corrected chi connectivity index (χ2v) is 7.48. The molecule has 162 valence electrons. The highest BCUT2D eigenvalue weighted by molar-refractivity contribution is 5.92. The van der Waals surface area contributed by atoms with Crippen LogP contribution in [-0.4, -0.2) is 36.3 Å². The van der Waals surface area contributed by atoms with Crippen LogP contribution in [0.4, 0.5) is 13.2 Å². The normalized spacial score (nSPS) is 17.1. The molecule has 1 aliphatic heterocycles. The molecular weight excluding hydrogens is 397 g/mol. The van der Waals surface area contributed by atoms with Crippen LogP contribution in [0.15, 0.2) is 40.8 Å². The van der Waals surface area contributed by atoms with Gasteiger partial charge in [0.25, 0.3) is 5.91 Å². The maximum Gasteiger partial charge on any atom is 0.416 e. The third kappa shape index (κ3) is 5.23. The number of nitrogens with one attached hydrogen (secondary N) is 1. The number of alkyl halides is 3. The van der Waals surface area contributed by atoms with Gasteiger partial charge in [0.15, 0.2) is 5.76 Å². The van der Waals surface area contributed by atoms with Crippen molar-refractivity contribution in [1.82, 2.24) is 10.2 Å². The predicted octanol–water partition coefficient (Wildman–Crippen LogP) is 4.73. The molecule has 5 nitrogen and oxygen atoms in total. The first-order valence-corrected chi connectivity index (χ1v) is 10.1. The molecule has 0 bridgehead atoms. The molecule has 0 aliphatic carbocycles. The summed E-state index contributed by atoms with van der Waals surface area (Å²) in [6.45, 7) is 3.48. The smallest absolute Gasteiger partial charge is 0.416 e. The number of hydrogen-bond acceptors (Lipinski definition) is 3. The van der Waals surface area contributed by atoms with Gasteiger partial charge >= 0.3 is 6.18 Å². The van der Waals surface area contributed by atoms with E-state index in [4.69, 9.17) is 4.42 Å². The fourth-order valence-corrected chi connectivity index (χ4v) is 3.52. The molecular formula is C22H25F3N2O3. The Morgan fingerprint density at radius 2 is 2.03 bits per heavy atom. The highest BCUT2D eigenvalue weighted by Gasteiger charge is 2.32. The fourth-order valence-electron chi connectivity index (χ4n) is 3.52. The van der Waals surface area contributed by atoms with Gasteiger partial charge in [-0.15, -0.1) is 0 Å². The number of unbranched alkanes of at least 4 members (excludes halogenated alkanes) is 1. The molecule has 1 unspecified atom stereocenters. The van der Waals surface area contributed by atoms with Crippen LogP contribution in [0, 0.1) is 5.92 Å². The SMILES string of the molecule is CCCCNC(=O)C1CCCN(C(=O)c2ccc(-c3cccc(C(F)(F)F)c3)o2)C1. The lowest BCUT2D eigenvalue weighted by molar-refractivity contribution is -0.137. The summed E-state index contributed by atoms with van der Waals surface area (Å²) in [4.78, 5) is 26.7. The summed E-state index contributed by atoms with van der Waals surface area (Å²) in [6, 6.07) is 7.72. The number of piperidine rings is 1. The first kappa shape index (κ1) is 21.9. The van der Waals surface area contributed by atoms with Gasteiger partial charge < -0.3 is 14.6 Å². The summed E-state index contributed by atoms with van der Waals surface area (Å²) >= 11 is 0. The monoisotopic (exact) mass is 422 g/mol. The Morgan fingerprint density at radius 1 is 1.23 bits per heavy atom. The van der Waals surface area contributed by atoms with Gasteiger partial charge in [-0.3, -0.25) is 9.59 Å². The third-order valence-corrected chi connectivity index (χ3v) is 5.20. The molecule has 0 radical (unpaired) electrons. The fraction of sp³-hybridized carbons (Fsp3) is 0.455. The Bertz CT molecular complexity index is 892. The molecule has 30 heavy (non-hydrogen) atoms. The summed E-state index contributed by atoms with van der Waals surface area (Å²) in [5, 5.41) is 2.90. The topological polar surface area (TPSA) is 62.6 Å². The van der Waals surface area contributed by atoms with Crippen molar-refractivity contribution in [2.24, 2.45) is 5.92 Å². The van der Waals surface area contributed by atoms with E-state index in [1.807, 2.05) is 6.92 Å². The molecule has 1 aromatic heterocycles. The van der Waals surface area contributed by atoms with Crippen LogP contribution in [0.3, 0.4) is 0 Å². The minimum Gasteiger partial charge on any atom is -0.451 e. The van der Waals surface area contributed by atoms with Crippen LogP contribution in [-0.2, 0) is 11.0 Å². The largest absolute Gasteiger partial charge is 0.451 e. The molecule has 1 aromatic carbocycles. The van der Waals surface area contributed by atoms with Crippen molar-refractivity contribution in [1.29, 1.82) is 0 Å². The van der Waals surface area contributed by atoms with Gasteiger partial charge in [0.1, 0.15) is 5.76 Å². The lowest BCUT2D eigenvalue weighted by Gasteiger charge is -2.31. The summed E-state index contributed by atoms with van der Waals surface area (Å²) < 4.78 is 44.4. The third-order valence-electron chi connectivity index (χ3n) is 5.20. The zero-order valence-electron chi connectivity index (χ0n) is 16.8. The lowest BCUT2D eigenvalue weighted by Crippen LogP contribution is -2.45. The number of hydrogen-bond donors (Lipinski definition) is 1. The average Bonchev–Trinajstić information content (AvgIpc) is 3.23. The number of nitrogens with zero attached hydrogens (tertiary/aromatic N) is 1. The molecule has 2 amide bonds. The molecule has 8 heteroatoms. The maximum atomic E-state index is 12.9. The number of furan rings is 1. The van der Waals surface area contributed by atoms with Crippen molar-refractivity contribution in [2.75, 3.05) is 19.6 Å². The molecule has 1 fully saturated rings. The number of likely N-dealkylation sites (tertiary alicyclic amines) is 1. The number of amides is 2. The van der Waals surface area contributed by atoms with E-state index in [9.17, 15) is 22.8 Å². The quantitative estimate of drug-likeness (QED) is 0.685. The van der Waals surface area contributed by atoms with Crippen LogP contribution in [0.5, 0.6) is 0 Å². The van der Waals surface area contributed by atoms with Gasteiger partial charge in [-0.05, 0) is 43.5 Å². The Hall–Kier alpha value is -2.77. The van der Waals surface area contributed by atoms with Crippen LogP contribution < -0.4 is 5.32 Å². The van der Waals surface area contributed by atoms with Crippen molar-refractivity contribution < 1.29 is 27.2 Å². The van der Waals surface area contributed by atoms with Crippen molar-refractivity contribution in [3.63, 3.8) is 0 Å². The molecule has 1 saturated heterocycles. The van der Waals surface area contributed by atoms with Crippen molar-refractivity contribution >= 4 is 11.8 Å². The van der Waals surface area contributed by atoms with Crippen LogP contribution >= 0.6 is 0 Å². The van der Waals surface area contributed by atoms with Crippen molar-refractivity contribution in [3.8, 4) is 11.3 Å². The van der Waals surface area contributed by atoms with Crippen LogP contribution in [0.25, 0.3) is 11.3 Å². The Balaban J connectivity index is 1.68. The van der Waals surface area contributed by atoms with E-state index in [0.29, 0.717) is 26.1 Å². The number of carbonyl (C=O) groups is 2. The van der Waals surface area contributed by atoms with E-state index < -0.39 is 11.7 Å². The molecule has 1 N–H and O–H groups in total. The standard InChI is InChI=1S/C22H25F3N2O3/c1-2-3-11-26-20(28)16-7-5-12-27(14-16)21(29)19-10-9-18(30-19)15-6-4-8-17(13-15)22(23,24)25/h4,6,8-10,13,16H,2-3,5,7,11-12,14H2,1H3,(H,26,28). The van der Waals surface area contributed by atoms with E-state index >= 15 is 0 Å². The zero-order valence-corrected chi connectivity index (χ0v) is 16.8. The van der Waals surface area contributed by atoms with E-state index in [2.05, 4.69) is 5.32 Å². The Morgan fingerprint density at radius 3 is 2.77 bits per heavy atom. The summed E-state index contributed by atoms with van der Waals surface area (Å²) in [7, 11) is 0. The van der Waals surface area contributed by atoms with Crippen LogP contribution in [0.2, 0.25) is 0 Å². The first-order valence-electron chi connectivity index (χ1n) is 10.1. The van der Waals surface area contributed by atoms with Crippen molar-refractivity contribution in [2.45, 2.75) is 38.8 Å². The molecule has 0 saturated carbocycles. The maximum absolute atomic E-state index is 12.9. The molecule has 2 aromatic rings. The Kier molecular flexibility index (Phi) is 6.84. The highest BCUT2D eigenvalue weighted by Crippen LogP contribution is 2.33. The van der Waals surface area contributed by atoms with Gasteiger partial charge in [-0.25, -0.2) is 0 Å².